The number of nitrogens with zero attached hydrogens (tertiary/aromatic N) is 3. The van der Waals surface area contributed by atoms with Crippen molar-refractivity contribution in [2.24, 2.45) is 7.05 Å². The molecule has 0 amide bonds. The lowest BCUT2D eigenvalue weighted by Gasteiger charge is -2.03. The maximum Gasteiger partial charge on any atom is 0.359 e. The topological polar surface area (TPSA) is 104 Å². The molecule has 0 fully saturated rings. The number of aryl methyl sites for hydroxylation is 1. The molecule has 2 rings (SSSR count). The maximum absolute atomic E-state index is 11.7. The molecule has 0 bridgehead atoms. The fourth-order valence-electron chi connectivity index (χ4n) is 1.37. The van der Waals surface area contributed by atoms with Crippen molar-refractivity contribution in [3.8, 4) is 0 Å². The molecule has 2 aromatic rings. The molecule has 0 spiro atoms. The van der Waals surface area contributed by atoms with E-state index in [0.29, 0.717) is 5.56 Å². The van der Waals surface area contributed by atoms with E-state index in [9.17, 15) is 19.7 Å². The Kier molecular flexibility index (Phi) is 3.89. The lowest BCUT2D eigenvalue weighted by molar-refractivity contribution is -0.380. The first-order valence-corrected chi connectivity index (χ1v) is 6.28. The molecule has 0 saturated heterocycles. The van der Waals surface area contributed by atoms with Crippen LogP contribution in [0.5, 0.6) is 0 Å². The van der Waals surface area contributed by atoms with Crippen molar-refractivity contribution in [1.29, 1.82) is 0 Å². The van der Waals surface area contributed by atoms with Gasteiger partial charge in [-0.2, -0.15) is 5.10 Å². The fraction of sp³-hybridized carbons (Fsp3) is 0.182. The van der Waals surface area contributed by atoms with Crippen LogP contribution in [0.15, 0.2) is 28.4 Å². The second kappa shape index (κ2) is 5.61. The largest absolute Gasteiger partial charge is 0.456 e. The van der Waals surface area contributed by atoms with Crippen molar-refractivity contribution in [1.82, 2.24) is 9.78 Å². The molecule has 0 aliphatic heterocycles. The molecule has 2 aromatic heterocycles. The number of aromatic nitrogens is 2. The number of hydrogen-bond acceptors (Lipinski definition) is 7. The van der Waals surface area contributed by atoms with Crippen LogP contribution in [0.25, 0.3) is 0 Å². The zero-order chi connectivity index (χ0) is 14.7. The monoisotopic (exact) mass is 295 g/mol. The van der Waals surface area contributed by atoms with Crippen LogP contribution in [0.2, 0.25) is 0 Å². The van der Waals surface area contributed by atoms with Gasteiger partial charge in [0.15, 0.2) is 5.69 Å². The van der Waals surface area contributed by atoms with Gasteiger partial charge in [0.05, 0.1) is 4.92 Å². The SMILES string of the molecule is Cn1nc(C(=O)OCc2csc([N+](=O)[O-])c2)ccc1=O. The number of thiophene rings is 1. The Morgan fingerprint density at radius 3 is 2.90 bits per heavy atom. The van der Waals surface area contributed by atoms with E-state index in [-0.39, 0.29) is 22.9 Å². The lowest BCUT2D eigenvalue weighted by atomic mass is 10.3. The minimum Gasteiger partial charge on any atom is -0.456 e. The van der Waals surface area contributed by atoms with E-state index in [2.05, 4.69) is 5.10 Å². The number of carbonyl (C=O) groups is 1. The third-order valence-electron chi connectivity index (χ3n) is 2.36. The number of nitro groups is 1. The summed E-state index contributed by atoms with van der Waals surface area (Å²) in [5, 5.41) is 15.8. The number of esters is 1. The molecule has 0 atom stereocenters. The third-order valence-corrected chi connectivity index (χ3v) is 3.29. The predicted octanol–water partition coefficient (Wildman–Crippen LogP) is 1.11. The molecule has 0 aliphatic rings. The summed E-state index contributed by atoms with van der Waals surface area (Å²) in [5.41, 5.74) is 0.187. The van der Waals surface area contributed by atoms with E-state index >= 15 is 0 Å². The van der Waals surface area contributed by atoms with Gasteiger partial charge in [-0.15, -0.1) is 0 Å². The minimum atomic E-state index is -0.700. The first kappa shape index (κ1) is 13.9. The minimum absolute atomic E-state index is 0.00294. The summed E-state index contributed by atoms with van der Waals surface area (Å²) in [5.74, 6) is -0.700. The van der Waals surface area contributed by atoms with Gasteiger partial charge in [0.25, 0.3) is 5.56 Å². The molecule has 9 heteroatoms. The summed E-state index contributed by atoms with van der Waals surface area (Å²) in [6.45, 7) is -0.0896. The van der Waals surface area contributed by atoms with E-state index in [1.807, 2.05) is 0 Å². The average molecular weight is 295 g/mol. The second-order valence-electron chi connectivity index (χ2n) is 3.81. The van der Waals surface area contributed by atoms with Crippen LogP contribution in [0.3, 0.4) is 0 Å². The highest BCUT2D eigenvalue weighted by atomic mass is 32.1. The van der Waals surface area contributed by atoms with Crippen molar-refractivity contribution < 1.29 is 14.5 Å². The second-order valence-corrected chi connectivity index (χ2v) is 4.70. The van der Waals surface area contributed by atoms with Gasteiger partial charge in [-0.3, -0.25) is 14.9 Å². The zero-order valence-electron chi connectivity index (χ0n) is 10.3. The first-order chi connectivity index (χ1) is 9.47. The Morgan fingerprint density at radius 1 is 1.55 bits per heavy atom. The molecule has 104 valence electrons. The highest BCUT2D eigenvalue weighted by Crippen LogP contribution is 2.23. The Hall–Kier alpha value is -2.55. The molecular weight excluding hydrogens is 286 g/mol. The van der Waals surface area contributed by atoms with Crippen LogP contribution in [0.4, 0.5) is 5.00 Å². The molecule has 0 N–H and O–H groups in total. The van der Waals surface area contributed by atoms with Gasteiger partial charge >= 0.3 is 11.0 Å². The van der Waals surface area contributed by atoms with Crippen molar-refractivity contribution in [3.63, 3.8) is 0 Å². The summed E-state index contributed by atoms with van der Waals surface area (Å²) in [6.07, 6.45) is 0. The summed E-state index contributed by atoms with van der Waals surface area (Å²) in [6, 6.07) is 3.81. The normalized spacial score (nSPS) is 10.2. The molecule has 0 aliphatic carbocycles. The Morgan fingerprint density at radius 2 is 2.30 bits per heavy atom. The summed E-state index contributed by atoms with van der Waals surface area (Å²) < 4.78 is 5.99. The van der Waals surface area contributed by atoms with E-state index in [0.717, 1.165) is 16.0 Å². The summed E-state index contributed by atoms with van der Waals surface area (Å²) >= 11 is 0.958. The molecule has 0 radical (unpaired) electrons. The molecule has 8 nitrogen and oxygen atoms in total. The van der Waals surface area contributed by atoms with Gasteiger partial charge in [-0.1, -0.05) is 11.3 Å². The Bertz CT molecular complexity index is 721. The smallest absolute Gasteiger partial charge is 0.359 e. The van der Waals surface area contributed by atoms with Crippen LogP contribution in [0, 0.1) is 10.1 Å². The molecule has 0 unspecified atom stereocenters. The number of rotatable bonds is 4. The molecule has 0 saturated carbocycles. The van der Waals surface area contributed by atoms with Crippen LogP contribution in [-0.4, -0.2) is 20.7 Å². The predicted molar refractivity (Wildman–Crippen MR) is 69.6 cm³/mol. The van der Waals surface area contributed by atoms with Crippen molar-refractivity contribution in [2.75, 3.05) is 0 Å². The zero-order valence-corrected chi connectivity index (χ0v) is 11.1. The third kappa shape index (κ3) is 3.06. The van der Waals surface area contributed by atoms with Gasteiger partial charge in [0.2, 0.25) is 0 Å². The molecule has 2 heterocycles. The molecule has 20 heavy (non-hydrogen) atoms. The highest BCUT2D eigenvalue weighted by Gasteiger charge is 2.13. The van der Waals surface area contributed by atoms with E-state index in [4.69, 9.17) is 4.74 Å². The Balaban J connectivity index is 2.02. The van der Waals surface area contributed by atoms with Crippen molar-refractivity contribution >= 4 is 22.3 Å². The van der Waals surface area contributed by atoms with E-state index in [1.165, 1.54) is 25.2 Å². The fourth-order valence-corrected chi connectivity index (χ4v) is 2.08. The lowest BCUT2D eigenvalue weighted by Crippen LogP contribution is -2.21. The average Bonchev–Trinajstić information content (AvgIpc) is 2.88. The Labute approximate surface area is 116 Å². The van der Waals surface area contributed by atoms with E-state index < -0.39 is 10.9 Å². The first-order valence-electron chi connectivity index (χ1n) is 5.40. The number of hydrogen-bond donors (Lipinski definition) is 0. The van der Waals surface area contributed by atoms with Crippen LogP contribution >= 0.6 is 11.3 Å². The van der Waals surface area contributed by atoms with Gasteiger partial charge in [0, 0.05) is 30.1 Å². The van der Waals surface area contributed by atoms with Gasteiger partial charge in [-0.25, -0.2) is 9.48 Å². The van der Waals surface area contributed by atoms with Crippen LogP contribution < -0.4 is 5.56 Å². The maximum atomic E-state index is 11.7. The molecular formula is C11H9N3O5S. The number of carbonyl (C=O) groups excluding carboxylic acids is 1. The van der Waals surface area contributed by atoms with Crippen LogP contribution in [0.1, 0.15) is 16.1 Å². The summed E-state index contributed by atoms with van der Waals surface area (Å²) in [4.78, 5) is 32.8. The number of ether oxygens (including phenoxy) is 1. The van der Waals surface area contributed by atoms with Crippen molar-refractivity contribution in [2.45, 2.75) is 6.61 Å². The van der Waals surface area contributed by atoms with Gasteiger partial charge in [-0.05, 0) is 6.07 Å². The standard InChI is InChI=1S/C11H9N3O5S/c1-13-9(15)3-2-8(12-13)11(16)19-5-7-4-10(14(17)18)20-6-7/h2-4,6H,5H2,1H3. The van der Waals surface area contributed by atoms with Crippen molar-refractivity contribution in [3.05, 3.63) is 55.3 Å². The van der Waals surface area contributed by atoms with E-state index in [1.54, 1.807) is 5.38 Å². The van der Waals surface area contributed by atoms with Gasteiger partial charge in [0.1, 0.15) is 6.61 Å². The summed E-state index contributed by atoms with van der Waals surface area (Å²) in [7, 11) is 1.42. The van der Waals surface area contributed by atoms with Gasteiger partial charge < -0.3 is 4.74 Å². The van der Waals surface area contributed by atoms with Crippen LogP contribution in [-0.2, 0) is 18.4 Å². The quantitative estimate of drug-likeness (QED) is 0.475. The molecule has 0 aromatic carbocycles. The highest BCUT2D eigenvalue weighted by molar-refractivity contribution is 7.13.